The van der Waals surface area contributed by atoms with Crippen molar-refractivity contribution in [3.63, 3.8) is 0 Å². The third kappa shape index (κ3) is 6.59. The number of unbranched alkanes of at least 4 members (excludes halogenated alkanes) is 1. The molecule has 1 aromatic carbocycles. The maximum Gasteiger partial charge on any atom is 0.229 e. The Bertz CT molecular complexity index is 795. The molecule has 0 aliphatic rings. The molecule has 0 fully saturated rings. The highest BCUT2D eigenvalue weighted by Crippen LogP contribution is 2.27. The number of nitrogens with one attached hydrogen (secondary N) is 1. The average molecular weight is 426 g/mol. The Kier molecular flexibility index (Phi) is 8.73. The summed E-state index contributed by atoms with van der Waals surface area (Å²) in [5, 5.41) is 12.0. The molecule has 2 rings (SSSR count). The van der Waals surface area contributed by atoms with E-state index in [1.54, 1.807) is 18.2 Å². The Morgan fingerprint density at radius 1 is 1.30 bits per heavy atom. The van der Waals surface area contributed by atoms with E-state index >= 15 is 0 Å². The van der Waals surface area contributed by atoms with Crippen LogP contribution in [0.3, 0.4) is 0 Å². The molecule has 1 amide bonds. The van der Waals surface area contributed by atoms with Crippen molar-refractivity contribution in [1.82, 2.24) is 10.2 Å². The third-order valence-corrected chi connectivity index (χ3v) is 6.61. The van der Waals surface area contributed by atoms with Gasteiger partial charge in [-0.15, -0.1) is 10.2 Å². The van der Waals surface area contributed by atoms with E-state index in [2.05, 4.69) is 22.4 Å². The van der Waals surface area contributed by atoms with E-state index in [0.717, 1.165) is 31.2 Å². The predicted molar refractivity (Wildman–Crippen MR) is 113 cm³/mol. The number of benzene rings is 1. The zero-order chi connectivity index (χ0) is 19.8. The maximum absolute atomic E-state index is 12.3. The van der Waals surface area contributed by atoms with Gasteiger partial charge in [-0.05, 0) is 43.5 Å². The Labute approximate surface area is 173 Å². The van der Waals surface area contributed by atoms with Crippen molar-refractivity contribution in [3.8, 4) is 0 Å². The number of rotatable bonds is 10. The number of carbonyl (C=O) groups excluding carboxylic acids is 2. The molecule has 1 unspecified atom stereocenters. The first-order chi connectivity index (χ1) is 12.9. The van der Waals surface area contributed by atoms with Crippen LogP contribution in [0.4, 0.5) is 5.13 Å². The van der Waals surface area contributed by atoms with Gasteiger partial charge in [0.15, 0.2) is 10.1 Å². The van der Waals surface area contributed by atoms with Crippen molar-refractivity contribution in [3.05, 3.63) is 34.3 Å². The molecule has 0 spiro atoms. The molecule has 0 radical (unpaired) electrons. The number of halogens is 1. The molecule has 8 heteroatoms. The molecular weight excluding hydrogens is 402 g/mol. The molecule has 1 heterocycles. The van der Waals surface area contributed by atoms with Crippen molar-refractivity contribution in [2.45, 2.75) is 50.8 Å². The summed E-state index contributed by atoms with van der Waals surface area (Å²) in [5.41, 5.74) is 1.51. The lowest BCUT2D eigenvalue weighted by Crippen LogP contribution is -2.22. The monoisotopic (exact) mass is 425 g/mol. The van der Waals surface area contributed by atoms with Gasteiger partial charge in [-0.25, -0.2) is 0 Å². The second-order valence-electron chi connectivity index (χ2n) is 6.29. The summed E-state index contributed by atoms with van der Waals surface area (Å²) in [6, 6.07) is 5.25. The Morgan fingerprint density at radius 2 is 2.07 bits per heavy atom. The van der Waals surface area contributed by atoms with Gasteiger partial charge in [-0.3, -0.25) is 9.59 Å². The topological polar surface area (TPSA) is 72.0 Å². The molecule has 146 valence electrons. The first-order valence-electron chi connectivity index (χ1n) is 9.01. The number of anilines is 1. The van der Waals surface area contributed by atoms with Crippen molar-refractivity contribution in [1.29, 1.82) is 0 Å². The van der Waals surface area contributed by atoms with Gasteiger partial charge in [0.2, 0.25) is 11.0 Å². The van der Waals surface area contributed by atoms with Crippen LogP contribution in [0.15, 0.2) is 22.5 Å². The smallest absolute Gasteiger partial charge is 0.229 e. The van der Waals surface area contributed by atoms with Crippen LogP contribution in [0.1, 0.15) is 55.5 Å². The van der Waals surface area contributed by atoms with E-state index in [1.807, 2.05) is 13.8 Å². The van der Waals surface area contributed by atoms with Crippen LogP contribution in [0.25, 0.3) is 0 Å². The van der Waals surface area contributed by atoms with Gasteiger partial charge in [0.05, 0.1) is 5.75 Å². The van der Waals surface area contributed by atoms with Crippen molar-refractivity contribution in [2.75, 3.05) is 11.1 Å². The van der Waals surface area contributed by atoms with E-state index in [4.69, 9.17) is 11.6 Å². The third-order valence-electron chi connectivity index (χ3n) is 4.21. The number of Topliss-reactive ketones (excluding diaryl/α,β-unsaturated/α-hetero) is 1. The number of aryl methyl sites for hydroxylation is 1. The Hall–Kier alpha value is -1.44. The molecule has 2 aromatic rings. The largest absolute Gasteiger partial charge is 0.300 e. The fourth-order valence-electron chi connectivity index (χ4n) is 2.53. The number of nitrogens with zero attached hydrogens (tertiary/aromatic N) is 2. The van der Waals surface area contributed by atoms with E-state index in [1.165, 1.54) is 23.1 Å². The molecule has 1 aromatic heterocycles. The highest BCUT2D eigenvalue weighted by atomic mass is 35.5. The number of amides is 1. The van der Waals surface area contributed by atoms with Gasteiger partial charge in [-0.2, -0.15) is 0 Å². The number of carbonyl (C=O) groups is 2. The molecule has 1 atom stereocenters. The van der Waals surface area contributed by atoms with Gasteiger partial charge in [0.25, 0.3) is 0 Å². The standard InChI is InChI=1S/C19H24ClN3O2S2/c1-4-6-7-13(5-2)17(25)21-18-22-23-19(27-18)26-11-16(24)14-8-9-15(20)12(3)10-14/h8-10,13H,4-7,11H2,1-3H3,(H,21,22,25). The molecule has 0 bridgehead atoms. The predicted octanol–water partition coefficient (Wildman–Crippen LogP) is 5.63. The minimum atomic E-state index is -0.00799. The van der Waals surface area contributed by atoms with Crippen LogP contribution in [-0.4, -0.2) is 27.6 Å². The van der Waals surface area contributed by atoms with Gasteiger partial charge in [0.1, 0.15) is 0 Å². The first kappa shape index (κ1) is 21.9. The minimum absolute atomic E-state index is 0.000301. The number of hydrogen-bond acceptors (Lipinski definition) is 6. The fraction of sp³-hybridized carbons (Fsp3) is 0.474. The zero-order valence-corrected chi connectivity index (χ0v) is 18.1. The van der Waals surface area contributed by atoms with E-state index < -0.39 is 0 Å². The maximum atomic E-state index is 12.3. The highest BCUT2D eigenvalue weighted by Gasteiger charge is 2.18. The Balaban J connectivity index is 1.89. The average Bonchev–Trinajstić information content (AvgIpc) is 3.10. The summed E-state index contributed by atoms with van der Waals surface area (Å²) >= 11 is 8.61. The van der Waals surface area contributed by atoms with Crippen LogP contribution < -0.4 is 5.32 Å². The summed E-state index contributed by atoms with van der Waals surface area (Å²) in [7, 11) is 0. The van der Waals surface area contributed by atoms with Crippen molar-refractivity contribution >= 4 is 51.5 Å². The number of aromatic nitrogens is 2. The second-order valence-corrected chi connectivity index (χ2v) is 8.89. The van der Waals surface area contributed by atoms with Crippen LogP contribution in [0.2, 0.25) is 5.02 Å². The number of ketones is 1. The molecule has 0 aliphatic heterocycles. The summed E-state index contributed by atoms with van der Waals surface area (Å²) in [4.78, 5) is 24.6. The van der Waals surface area contributed by atoms with E-state index in [9.17, 15) is 9.59 Å². The van der Waals surface area contributed by atoms with Gasteiger partial charge in [-0.1, -0.05) is 61.4 Å². The van der Waals surface area contributed by atoms with E-state index in [-0.39, 0.29) is 23.4 Å². The normalized spacial score (nSPS) is 12.0. The first-order valence-corrected chi connectivity index (χ1v) is 11.2. The molecular formula is C19H24ClN3O2S2. The summed E-state index contributed by atoms with van der Waals surface area (Å²) in [6.07, 6.45) is 3.80. The lowest BCUT2D eigenvalue weighted by molar-refractivity contribution is -0.120. The summed E-state index contributed by atoms with van der Waals surface area (Å²) < 4.78 is 0.658. The van der Waals surface area contributed by atoms with Gasteiger partial charge >= 0.3 is 0 Å². The molecule has 0 aliphatic carbocycles. The number of hydrogen-bond donors (Lipinski definition) is 1. The van der Waals surface area contributed by atoms with Gasteiger partial charge in [0, 0.05) is 16.5 Å². The fourth-order valence-corrected chi connectivity index (χ4v) is 4.29. The molecule has 5 nitrogen and oxygen atoms in total. The van der Waals surface area contributed by atoms with Crippen LogP contribution >= 0.6 is 34.7 Å². The van der Waals surface area contributed by atoms with Crippen LogP contribution in [-0.2, 0) is 4.79 Å². The molecule has 1 N–H and O–H groups in total. The van der Waals surface area contributed by atoms with Gasteiger partial charge < -0.3 is 5.32 Å². The molecule has 0 saturated heterocycles. The quantitative estimate of drug-likeness (QED) is 0.303. The van der Waals surface area contributed by atoms with Crippen LogP contribution in [0, 0.1) is 12.8 Å². The lowest BCUT2D eigenvalue weighted by Gasteiger charge is -2.12. The summed E-state index contributed by atoms with van der Waals surface area (Å²) in [5.74, 6) is 0.259. The minimum Gasteiger partial charge on any atom is -0.300 e. The summed E-state index contributed by atoms with van der Waals surface area (Å²) in [6.45, 7) is 6.01. The SMILES string of the molecule is CCCCC(CC)C(=O)Nc1nnc(SCC(=O)c2ccc(Cl)c(C)c2)s1. The molecule has 0 saturated carbocycles. The highest BCUT2D eigenvalue weighted by molar-refractivity contribution is 8.01. The molecule has 27 heavy (non-hydrogen) atoms. The van der Waals surface area contributed by atoms with Crippen molar-refractivity contribution < 1.29 is 9.59 Å². The van der Waals surface area contributed by atoms with Crippen LogP contribution in [0.5, 0.6) is 0 Å². The lowest BCUT2D eigenvalue weighted by atomic mass is 9.99. The van der Waals surface area contributed by atoms with Crippen molar-refractivity contribution in [2.24, 2.45) is 5.92 Å². The zero-order valence-electron chi connectivity index (χ0n) is 15.8. The van der Waals surface area contributed by atoms with E-state index in [0.29, 0.717) is 20.1 Å². The number of thioether (sulfide) groups is 1. The Morgan fingerprint density at radius 3 is 2.74 bits per heavy atom. The second kappa shape index (κ2) is 10.8.